The minimum Gasteiger partial charge on any atom is -0.326 e. The van der Waals surface area contributed by atoms with Crippen molar-refractivity contribution in [1.82, 2.24) is 0 Å². The predicted molar refractivity (Wildman–Crippen MR) is 63.6 cm³/mol. The number of amides is 1. The minimum atomic E-state index is -0.463. The van der Waals surface area contributed by atoms with Gasteiger partial charge in [0, 0.05) is 23.7 Å². The molecule has 1 amide bonds. The van der Waals surface area contributed by atoms with Crippen LogP contribution in [0.3, 0.4) is 0 Å². The Morgan fingerprint density at radius 1 is 1.41 bits per heavy atom. The van der Waals surface area contributed by atoms with E-state index in [9.17, 15) is 14.9 Å². The second-order valence-corrected chi connectivity index (χ2v) is 5.04. The summed E-state index contributed by atoms with van der Waals surface area (Å²) in [5.41, 5.74) is 0.711. The fraction of sp³-hybridized carbons (Fsp3) is 0.417. The summed E-state index contributed by atoms with van der Waals surface area (Å²) >= 11 is 0. The van der Waals surface area contributed by atoms with Gasteiger partial charge in [-0.3, -0.25) is 14.9 Å². The van der Waals surface area contributed by atoms with Gasteiger partial charge in [0.15, 0.2) is 0 Å². The van der Waals surface area contributed by atoms with Gasteiger partial charge in [-0.15, -0.1) is 0 Å². The van der Waals surface area contributed by atoms with Gasteiger partial charge in [-0.05, 0) is 24.0 Å². The molecule has 1 aliphatic rings. The molecule has 1 aliphatic carbocycles. The van der Waals surface area contributed by atoms with E-state index in [1.165, 1.54) is 12.1 Å². The van der Waals surface area contributed by atoms with Crippen LogP contribution in [-0.2, 0) is 4.79 Å². The van der Waals surface area contributed by atoms with Crippen molar-refractivity contribution in [1.29, 1.82) is 0 Å². The second-order valence-electron chi connectivity index (χ2n) is 5.04. The number of benzene rings is 1. The standard InChI is InChI=1S/C12H14N2O3/c1-12(2)7-10(12)11(15)13-8-3-5-9(6-4-8)14(16)17/h3-6,10H,7H2,1-2H3,(H,13,15)/t10-/m1/s1. The maximum Gasteiger partial charge on any atom is 0.269 e. The largest absolute Gasteiger partial charge is 0.326 e. The average molecular weight is 234 g/mol. The molecule has 0 spiro atoms. The molecular weight excluding hydrogens is 220 g/mol. The number of hydrogen-bond acceptors (Lipinski definition) is 3. The normalized spacial score (nSPS) is 20.7. The lowest BCUT2D eigenvalue weighted by atomic mass is 10.1. The Balaban J connectivity index is 2.00. The topological polar surface area (TPSA) is 72.2 Å². The van der Waals surface area contributed by atoms with Crippen LogP contribution in [0.25, 0.3) is 0 Å². The van der Waals surface area contributed by atoms with Crippen LogP contribution in [0.15, 0.2) is 24.3 Å². The molecular formula is C12H14N2O3. The first-order valence-electron chi connectivity index (χ1n) is 5.45. The summed E-state index contributed by atoms with van der Waals surface area (Å²) in [4.78, 5) is 21.8. The summed E-state index contributed by atoms with van der Waals surface area (Å²) in [5.74, 6) is 0.0431. The number of nitrogens with zero attached hydrogens (tertiary/aromatic N) is 1. The molecule has 0 aromatic heterocycles. The highest BCUT2D eigenvalue weighted by Gasteiger charge is 2.50. The summed E-state index contributed by atoms with van der Waals surface area (Å²) in [5, 5.41) is 13.2. The van der Waals surface area contributed by atoms with Crippen LogP contribution in [0, 0.1) is 21.4 Å². The van der Waals surface area contributed by atoms with Crippen molar-refractivity contribution < 1.29 is 9.72 Å². The maximum absolute atomic E-state index is 11.8. The van der Waals surface area contributed by atoms with E-state index in [2.05, 4.69) is 5.32 Å². The van der Waals surface area contributed by atoms with Crippen molar-refractivity contribution in [2.75, 3.05) is 5.32 Å². The van der Waals surface area contributed by atoms with Gasteiger partial charge < -0.3 is 5.32 Å². The van der Waals surface area contributed by atoms with Crippen LogP contribution in [-0.4, -0.2) is 10.8 Å². The summed E-state index contributed by atoms with van der Waals surface area (Å²) in [6.45, 7) is 4.10. The highest BCUT2D eigenvalue weighted by atomic mass is 16.6. The van der Waals surface area contributed by atoms with E-state index < -0.39 is 4.92 Å². The number of anilines is 1. The number of hydrogen-bond donors (Lipinski definition) is 1. The van der Waals surface area contributed by atoms with Crippen LogP contribution >= 0.6 is 0 Å². The van der Waals surface area contributed by atoms with Crippen LogP contribution < -0.4 is 5.32 Å². The maximum atomic E-state index is 11.8. The Hall–Kier alpha value is -1.91. The lowest BCUT2D eigenvalue weighted by Gasteiger charge is -2.06. The smallest absolute Gasteiger partial charge is 0.269 e. The molecule has 90 valence electrons. The zero-order valence-electron chi connectivity index (χ0n) is 9.77. The van der Waals surface area contributed by atoms with E-state index in [0.29, 0.717) is 5.69 Å². The van der Waals surface area contributed by atoms with E-state index in [1.807, 2.05) is 13.8 Å². The molecule has 0 aliphatic heterocycles. The number of carbonyl (C=O) groups excluding carboxylic acids is 1. The van der Waals surface area contributed by atoms with Crippen LogP contribution in [0.4, 0.5) is 11.4 Å². The lowest BCUT2D eigenvalue weighted by molar-refractivity contribution is -0.384. The molecule has 1 aromatic carbocycles. The van der Waals surface area contributed by atoms with Crippen molar-refractivity contribution in [2.45, 2.75) is 20.3 Å². The van der Waals surface area contributed by atoms with Gasteiger partial charge in [0.05, 0.1) is 4.92 Å². The van der Waals surface area contributed by atoms with Gasteiger partial charge in [-0.1, -0.05) is 13.8 Å². The zero-order valence-corrected chi connectivity index (χ0v) is 9.77. The predicted octanol–water partition coefficient (Wildman–Crippen LogP) is 2.58. The SMILES string of the molecule is CC1(C)C[C@@H]1C(=O)Nc1ccc([N+](=O)[O-])cc1. The molecule has 17 heavy (non-hydrogen) atoms. The molecule has 2 rings (SSSR count). The zero-order chi connectivity index (χ0) is 12.6. The summed E-state index contributed by atoms with van der Waals surface area (Å²) < 4.78 is 0. The monoisotopic (exact) mass is 234 g/mol. The molecule has 1 N–H and O–H groups in total. The molecule has 0 heterocycles. The van der Waals surface area contributed by atoms with Crippen LogP contribution in [0.2, 0.25) is 0 Å². The van der Waals surface area contributed by atoms with Crippen molar-refractivity contribution in [3.8, 4) is 0 Å². The number of nitro groups is 1. The number of carbonyl (C=O) groups is 1. The van der Waals surface area contributed by atoms with E-state index in [4.69, 9.17) is 0 Å². The fourth-order valence-corrected chi connectivity index (χ4v) is 1.81. The van der Waals surface area contributed by atoms with Crippen molar-refractivity contribution in [3.05, 3.63) is 34.4 Å². The van der Waals surface area contributed by atoms with Crippen molar-refractivity contribution >= 4 is 17.3 Å². The van der Waals surface area contributed by atoms with E-state index >= 15 is 0 Å². The molecule has 1 aromatic rings. The number of nitrogens with one attached hydrogen (secondary N) is 1. The molecule has 0 bridgehead atoms. The first kappa shape index (κ1) is 11.6. The number of rotatable bonds is 3. The molecule has 1 fully saturated rings. The molecule has 5 heteroatoms. The van der Waals surface area contributed by atoms with Crippen molar-refractivity contribution in [2.24, 2.45) is 11.3 Å². The second kappa shape index (κ2) is 3.84. The van der Waals surface area contributed by atoms with Crippen molar-refractivity contribution in [3.63, 3.8) is 0 Å². The van der Waals surface area contributed by atoms with E-state index in [0.717, 1.165) is 6.42 Å². The molecule has 0 saturated heterocycles. The third kappa shape index (κ3) is 2.43. The highest BCUT2D eigenvalue weighted by Crippen LogP contribution is 2.51. The van der Waals surface area contributed by atoms with Crippen LogP contribution in [0.1, 0.15) is 20.3 Å². The number of nitro benzene ring substituents is 1. The third-order valence-corrected chi connectivity index (χ3v) is 3.18. The Morgan fingerprint density at radius 2 is 1.94 bits per heavy atom. The van der Waals surface area contributed by atoms with Gasteiger partial charge in [0.1, 0.15) is 0 Å². The fourth-order valence-electron chi connectivity index (χ4n) is 1.81. The average Bonchev–Trinajstić information content (AvgIpc) is 2.89. The summed E-state index contributed by atoms with van der Waals surface area (Å²) in [6.07, 6.45) is 0.895. The summed E-state index contributed by atoms with van der Waals surface area (Å²) in [6, 6.07) is 5.86. The summed E-state index contributed by atoms with van der Waals surface area (Å²) in [7, 11) is 0. The Morgan fingerprint density at radius 3 is 2.35 bits per heavy atom. The third-order valence-electron chi connectivity index (χ3n) is 3.18. The molecule has 0 unspecified atom stereocenters. The Labute approximate surface area is 99.0 Å². The molecule has 0 radical (unpaired) electrons. The van der Waals surface area contributed by atoms with E-state index in [1.54, 1.807) is 12.1 Å². The first-order chi connectivity index (χ1) is 7.90. The van der Waals surface area contributed by atoms with Gasteiger partial charge >= 0.3 is 0 Å². The Kier molecular flexibility index (Phi) is 2.61. The Bertz CT molecular complexity index is 465. The first-order valence-corrected chi connectivity index (χ1v) is 5.45. The van der Waals surface area contributed by atoms with E-state index in [-0.39, 0.29) is 22.9 Å². The highest BCUT2D eigenvalue weighted by molar-refractivity contribution is 5.95. The van der Waals surface area contributed by atoms with Gasteiger partial charge in [-0.2, -0.15) is 0 Å². The lowest BCUT2D eigenvalue weighted by Crippen LogP contribution is -2.16. The van der Waals surface area contributed by atoms with Gasteiger partial charge in [0.2, 0.25) is 5.91 Å². The number of non-ortho nitro benzene ring substituents is 1. The van der Waals surface area contributed by atoms with Gasteiger partial charge in [-0.25, -0.2) is 0 Å². The molecule has 1 atom stereocenters. The molecule has 1 saturated carbocycles. The van der Waals surface area contributed by atoms with Gasteiger partial charge in [0.25, 0.3) is 5.69 Å². The quantitative estimate of drug-likeness (QED) is 0.645. The van der Waals surface area contributed by atoms with Crippen LogP contribution in [0.5, 0.6) is 0 Å². The molecule has 5 nitrogen and oxygen atoms in total. The minimum absolute atomic E-state index is 0.0103.